The maximum absolute atomic E-state index is 13.4. The van der Waals surface area contributed by atoms with E-state index in [0.717, 1.165) is 12.1 Å². The van der Waals surface area contributed by atoms with Crippen molar-refractivity contribution in [2.75, 3.05) is 6.54 Å². The van der Waals surface area contributed by atoms with Crippen LogP contribution >= 0.6 is 0 Å². The van der Waals surface area contributed by atoms with Crippen LogP contribution in [0.2, 0.25) is 0 Å². The topological polar surface area (TPSA) is 66.8 Å². The Morgan fingerprint density at radius 1 is 1.29 bits per heavy atom. The molecule has 0 saturated carbocycles. The largest absolute Gasteiger partial charge is 0.479 e. The number of carbonyl (C=O) groups excluding carboxylic acids is 1. The van der Waals surface area contributed by atoms with Crippen molar-refractivity contribution in [2.24, 2.45) is 0 Å². The van der Waals surface area contributed by atoms with Gasteiger partial charge in [0.25, 0.3) is 0 Å². The van der Waals surface area contributed by atoms with Gasteiger partial charge in [0.1, 0.15) is 11.1 Å². The van der Waals surface area contributed by atoms with Crippen molar-refractivity contribution >= 4 is 12.1 Å². The lowest BCUT2D eigenvalue weighted by Gasteiger charge is -2.36. The average Bonchev–Trinajstić information content (AvgIpc) is 2.86. The van der Waals surface area contributed by atoms with Gasteiger partial charge in [0.2, 0.25) is 0 Å². The van der Waals surface area contributed by atoms with E-state index < -0.39 is 34.8 Å². The Balaban J connectivity index is 2.33. The zero-order valence-corrected chi connectivity index (χ0v) is 13.9. The Bertz CT molecular complexity index is 656. The van der Waals surface area contributed by atoms with Gasteiger partial charge in [-0.3, -0.25) is 4.90 Å². The quantitative estimate of drug-likeness (QED) is 0.915. The summed E-state index contributed by atoms with van der Waals surface area (Å²) in [4.78, 5) is 25.5. The Morgan fingerprint density at radius 2 is 1.96 bits per heavy atom. The van der Waals surface area contributed by atoms with Crippen molar-refractivity contribution in [3.8, 4) is 0 Å². The number of hydrogen-bond acceptors (Lipinski definition) is 3. The number of nitrogens with zero attached hydrogens (tertiary/aromatic N) is 1. The lowest BCUT2D eigenvalue weighted by atomic mass is 9.88. The van der Waals surface area contributed by atoms with Gasteiger partial charge in [-0.2, -0.15) is 0 Å². The monoisotopic (exact) mass is 341 g/mol. The van der Waals surface area contributed by atoms with Crippen LogP contribution in [0.4, 0.5) is 13.6 Å². The molecule has 1 saturated heterocycles. The number of rotatable bonds is 3. The highest BCUT2D eigenvalue weighted by Crippen LogP contribution is 2.34. The molecule has 0 radical (unpaired) electrons. The molecule has 1 aromatic rings. The molecule has 1 amide bonds. The van der Waals surface area contributed by atoms with Gasteiger partial charge in [-0.25, -0.2) is 18.4 Å². The number of likely N-dealkylation sites (tertiary alicyclic amines) is 1. The Kier molecular flexibility index (Phi) is 4.82. The van der Waals surface area contributed by atoms with Crippen LogP contribution in [0.5, 0.6) is 0 Å². The van der Waals surface area contributed by atoms with Gasteiger partial charge >= 0.3 is 12.1 Å². The Hall–Kier alpha value is -2.18. The number of ether oxygens (including phenoxy) is 1. The van der Waals surface area contributed by atoms with Crippen LogP contribution in [-0.4, -0.2) is 39.8 Å². The van der Waals surface area contributed by atoms with Crippen molar-refractivity contribution < 1.29 is 28.2 Å². The molecule has 0 aliphatic carbocycles. The molecule has 2 rings (SSSR count). The molecular weight excluding hydrogens is 320 g/mol. The number of hydrogen-bond donors (Lipinski definition) is 1. The molecule has 5 nitrogen and oxygen atoms in total. The Labute approximate surface area is 139 Å². The first kappa shape index (κ1) is 18.2. The van der Waals surface area contributed by atoms with Gasteiger partial charge in [0.15, 0.2) is 11.6 Å². The van der Waals surface area contributed by atoms with Crippen LogP contribution in [-0.2, 0) is 16.0 Å². The molecule has 24 heavy (non-hydrogen) atoms. The summed E-state index contributed by atoms with van der Waals surface area (Å²) in [5.74, 6) is -3.23. The zero-order valence-electron chi connectivity index (χ0n) is 13.9. The lowest BCUT2D eigenvalue weighted by Crippen LogP contribution is -2.55. The third-order valence-corrected chi connectivity index (χ3v) is 3.98. The third-order valence-electron chi connectivity index (χ3n) is 3.98. The fraction of sp³-hybridized carbons (Fsp3) is 0.529. The number of amides is 1. The SMILES string of the molecule is CC(C)(C)OC(=O)N1CCC[C@]1(Cc1ccc(F)c(F)c1)C(=O)O. The summed E-state index contributed by atoms with van der Waals surface area (Å²) >= 11 is 0. The van der Waals surface area contributed by atoms with Gasteiger partial charge in [0.05, 0.1) is 0 Å². The number of aliphatic carboxylic acids is 1. The summed E-state index contributed by atoms with van der Waals surface area (Å²) in [7, 11) is 0. The summed E-state index contributed by atoms with van der Waals surface area (Å²) in [5.41, 5.74) is -1.97. The first-order valence-electron chi connectivity index (χ1n) is 7.73. The zero-order chi connectivity index (χ0) is 18.1. The highest BCUT2D eigenvalue weighted by atomic mass is 19.2. The molecule has 0 bridgehead atoms. The minimum atomic E-state index is -1.52. The molecule has 7 heteroatoms. The molecular formula is C17H21F2NO4. The molecule has 1 atom stereocenters. The van der Waals surface area contributed by atoms with Crippen LogP contribution in [0.1, 0.15) is 39.2 Å². The Morgan fingerprint density at radius 3 is 2.50 bits per heavy atom. The minimum absolute atomic E-state index is 0.112. The van der Waals surface area contributed by atoms with Crippen LogP contribution in [0.15, 0.2) is 18.2 Å². The highest BCUT2D eigenvalue weighted by molar-refractivity contribution is 5.85. The van der Waals surface area contributed by atoms with E-state index in [9.17, 15) is 23.5 Å². The summed E-state index contributed by atoms with van der Waals surface area (Å²) in [6, 6.07) is 3.24. The summed E-state index contributed by atoms with van der Waals surface area (Å²) in [6.07, 6.45) is -0.112. The van der Waals surface area contributed by atoms with E-state index in [1.807, 2.05) is 0 Å². The maximum Gasteiger partial charge on any atom is 0.411 e. The number of halogens is 2. The molecule has 1 aliphatic heterocycles. The van der Waals surface area contributed by atoms with E-state index in [1.54, 1.807) is 20.8 Å². The fourth-order valence-electron chi connectivity index (χ4n) is 2.93. The normalized spacial score (nSPS) is 21.0. The molecule has 1 N–H and O–H groups in total. The third kappa shape index (κ3) is 3.66. The van der Waals surface area contributed by atoms with Gasteiger partial charge in [0, 0.05) is 13.0 Å². The van der Waals surface area contributed by atoms with Crippen LogP contribution < -0.4 is 0 Å². The molecule has 132 valence electrons. The minimum Gasteiger partial charge on any atom is -0.479 e. The van der Waals surface area contributed by atoms with Gasteiger partial charge in [-0.15, -0.1) is 0 Å². The molecule has 1 aliphatic rings. The predicted octanol–water partition coefficient (Wildman–Crippen LogP) is 3.36. The van der Waals surface area contributed by atoms with Crippen molar-refractivity contribution in [3.63, 3.8) is 0 Å². The fourth-order valence-corrected chi connectivity index (χ4v) is 2.93. The van der Waals surface area contributed by atoms with Crippen molar-refractivity contribution in [1.29, 1.82) is 0 Å². The lowest BCUT2D eigenvalue weighted by molar-refractivity contribution is -0.149. The molecule has 1 fully saturated rings. The summed E-state index contributed by atoms with van der Waals surface area (Å²) in [6.45, 7) is 5.32. The van der Waals surface area contributed by atoms with Gasteiger partial charge in [-0.1, -0.05) is 6.07 Å². The summed E-state index contributed by atoms with van der Waals surface area (Å²) < 4.78 is 31.8. The number of carboxylic acid groups (broad SMARTS) is 1. The molecule has 0 aromatic heterocycles. The second-order valence-electron chi connectivity index (χ2n) is 7.00. The summed E-state index contributed by atoms with van der Waals surface area (Å²) in [5, 5.41) is 9.75. The molecule has 0 unspecified atom stereocenters. The van der Waals surface area contributed by atoms with Crippen LogP contribution in [0, 0.1) is 11.6 Å². The average molecular weight is 341 g/mol. The van der Waals surface area contributed by atoms with E-state index in [2.05, 4.69) is 0 Å². The molecule has 1 heterocycles. The smallest absolute Gasteiger partial charge is 0.411 e. The van der Waals surface area contributed by atoms with Crippen LogP contribution in [0.3, 0.4) is 0 Å². The van der Waals surface area contributed by atoms with E-state index in [-0.39, 0.29) is 19.4 Å². The number of benzene rings is 1. The first-order chi connectivity index (χ1) is 11.0. The first-order valence-corrected chi connectivity index (χ1v) is 7.73. The van der Waals surface area contributed by atoms with Gasteiger partial charge < -0.3 is 9.84 Å². The molecule has 0 spiro atoms. The predicted molar refractivity (Wildman–Crippen MR) is 82.6 cm³/mol. The van der Waals surface area contributed by atoms with Crippen LogP contribution in [0.25, 0.3) is 0 Å². The number of carbonyl (C=O) groups is 2. The van der Waals surface area contributed by atoms with Crippen molar-refractivity contribution in [3.05, 3.63) is 35.4 Å². The van der Waals surface area contributed by atoms with E-state index in [1.165, 1.54) is 11.0 Å². The number of carboxylic acids is 1. The van der Waals surface area contributed by atoms with E-state index in [0.29, 0.717) is 12.0 Å². The maximum atomic E-state index is 13.4. The highest BCUT2D eigenvalue weighted by Gasteiger charge is 2.51. The standard InChI is InChI=1S/C17H21F2NO4/c1-16(2,3)24-15(23)20-8-4-7-17(20,14(21)22)10-11-5-6-12(18)13(19)9-11/h5-6,9H,4,7-8,10H2,1-3H3,(H,21,22)/t17-/m0/s1. The van der Waals surface area contributed by atoms with E-state index in [4.69, 9.17) is 4.74 Å². The second-order valence-corrected chi connectivity index (χ2v) is 7.00. The second kappa shape index (κ2) is 6.37. The van der Waals surface area contributed by atoms with Crippen molar-refractivity contribution in [1.82, 2.24) is 4.90 Å². The van der Waals surface area contributed by atoms with E-state index >= 15 is 0 Å². The molecule has 1 aromatic carbocycles. The van der Waals surface area contributed by atoms with Gasteiger partial charge in [-0.05, 0) is 51.3 Å². The van der Waals surface area contributed by atoms with Crippen molar-refractivity contribution in [2.45, 2.75) is 51.2 Å².